The Balaban J connectivity index is 2.36. The first kappa shape index (κ1) is 15.8. The third-order valence-electron chi connectivity index (χ3n) is 3.83. The molecule has 0 aromatic rings. The fourth-order valence-corrected chi connectivity index (χ4v) is 2.18. The summed E-state index contributed by atoms with van der Waals surface area (Å²) in [4.78, 5) is 26.7. The molecule has 19 heavy (non-hydrogen) atoms. The standard InChI is InChI=1S/C13H25N3O3/c1-4-11(7-12(17)18)8-14-13(19)16-6-5-15(3)10(2)9-16/h10-11H,4-9H2,1-3H3,(H,14,19)(H,17,18). The molecule has 0 aromatic heterocycles. The van der Waals surface area contributed by atoms with Gasteiger partial charge in [-0.05, 0) is 19.9 Å². The van der Waals surface area contributed by atoms with E-state index in [2.05, 4.69) is 24.2 Å². The van der Waals surface area contributed by atoms with Crippen molar-refractivity contribution < 1.29 is 14.7 Å². The van der Waals surface area contributed by atoms with E-state index in [1.807, 2.05) is 6.92 Å². The Labute approximate surface area is 114 Å². The zero-order valence-electron chi connectivity index (χ0n) is 12.1. The number of carboxylic acid groups (broad SMARTS) is 1. The van der Waals surface area contributed by atoms with E-state index < -0.39 is 5.97 Å². The monoisotopic (exact) mass is 271 g/mol. The zero-order chi connectivity index (χ0) is 14.4. The number of nitrogens with zero attached hydrogens (tertiary/aromatic N) is 2. The Hall–Kier alpha value is -1.30. The summed E-state index contributed by atoms with van der Waals surface area (Å²) in [7, 11) is 2.06. The fourth-order valence-electron chi connectivity index (χ4n) is 2.18. The highest BCUT2D eigenvalue weighted by molar-refractivity contribution is 5.74. The summed E-state index contributed by atoms with van der Waals surface area (Å²) in [5.41, 5.74) is 0. The van der Waals surface area contributed by atoms with E-state index in [4.69, 9.17) is 5.11 Å². The third-order valence-corrected chi connectivity index (χ3v) is 3.83. The number of hydrogen-bond acceptors (Lipinski definition) is 3. The van der Waals surface area contributed by atoms with Crippen molar-refractivity contribution in [1.29, 1.82) is 0 Å². The Kier molecular flexibility index (Phi) is 6.08. The predicted molar refractivity (Wildman–Crippen MR) is 73.1 cm³/mol. The minimum Gasteiger partial charge on any atom is -0.481 e. The molecule has 1 aliphatic rings. The maximum Gasteiger partial charge on any atom is 0.317 e. The number of likely N-dealkylation sites (N-methyl/N-ethyl adjacent to an activating group) is 1. The summed E-state index contributed by atoms with van der Waals surface area (Å²) in [5, 5.41) is 11.6. The second-order valence-corrected chi connectivity index (χ2v) is 5.33. The topological polar surface area (TPSA) is 72.9 Å². The maximum absolute atomic E-state index is 12.0. The number of amides is 2. The number of rotatable bonds is 5. The first-order chi connectivity index (χ1) is 8.93. The smallest absolute Gasteiger partial charge is 0.317 e. The minimum atomic E-state index is -0.811. The van der Waals surface area contributed by atoms with Crippen LogP contribution >= 0.6 is 0 Å². The lowest BCUT2D eigenvalue weighted by atomic mass is 10.0. The van der Waals surface area contributed by atoms with Crippen LogP contribution in [0.1, 0.15) is 26.7 Å². The molecule has 0 saturated carbocycles. The van der Waals surface area contributed by atoms with Gasteiger partial charge in [-0.3, -0.25) is 4.79 Å². The van der Waals surface area contributed by atoms with Crippen LogP contribution in [-0.4, -0.2) is 66.2 Å². The van der Waals surface area contributed by atoms with Gasteiger partial charge >= 0.3 is 12.0 Å². The fraction of sp³-hybridized carbons (Fsp3) is 0.846. The molecular formula is C13H25N3O3. The molecule has 0 bridgehead atoms. The van der Waals surface area contributed by atoms with Crippen LogP contribution < -0.4 is 5.32 Å². The Morgan fingerprint density at radius 3 is 2.63 bits per heavy atom. The summed E-state index contributed by atoms with van der Waals surface area (Å²) in [6.07, 6.45) is 0.863. The first-order valence-corrected chi connectivity index (χ1v) is 6.88. The van der Waals surface area contributed by atoms with Crippen LogP contribution in [0.4, 0.5) is 4.79 Å². The average molecular weight is 271 g/mol. The van der Waals surface area contributed by atoms with Gasteiger partial charge in [0.15, 0.2) is 0 Å². The molecule has 1 saturated heterocycles. The van der Waals surface area contributed by atoms with Gasteiger partial charge in [-0.15, -0.1) is 0 Å². The summed E-state index contributed by atoms with van der Waals surface area (Å²) >= 11 is 0. The van der Waals surface area contributed by atoms with Crippen molar-refractivity contribution in [2.75, 3.05) is 33.2 Å². The van der Waals surface area contributed by atoms with Gasteiger partial charge in [0.25, 0.3) is 0 Å². The molecule has 1 fully saturated rings. The lowest BCUT2D eigenvalue weighted by molar-refractivity contribution is -0.138. The van der Waals surface area contributed by atoms with Crippen molar-refractivity contribution in [3.05, 3.63) is 0 Å². The van der Waals surface area contributed by atoms with Crippen molar-refractivity contribution in [3.63, 3.8) is 0 Å². The summed E-state index contributed by atoms with van der Waals surface area (Å²) in [5.74, 6) is -0.805. The van der Waals surface area contributed by atoms with E-state index in [0.717, 1.165) is 26.1 Å². The van der Waals surface area contributed by atoms with Gasteiger partial charge < -0.3 is 20.2 Å². The van der Waals surface area contributed by atoms with Crippen molar-refractivity contribution in [3.8, 4) is 0 Å². The second kappa shape index (κ2) is 7.33. The molecule has 0 aliphatic carbocycles. The minimum absolute atomic E-state index is 0.00587. The van der Waals surface area contributed by atoms with Gasteiger partial charge in [0, 0.05) is 38.6 Å². The van der Waals surface area contributed by atoms with Crippen molar-refractivity contribution in [1.82, 2.24) is 15.1 Å². The molecule has 2 unspecified atom stereocenters. The van der Waals surface area contributed by atoms with Crippen molar-refractivity contribution in [2.24, 2.45) is 5.92 Å². The van der Waals surface area contributed by atoms with Crippen LogP contribution in [0.5, 0.6) is 0 Å². The molecule has 6 heteroatoms. The second-order valence-electron chi connectivity index (χ2n) is 5.33. The molecule has 0 spiro atoms. The highest BCUT2D eigenvalue weighted by Gasteiger charge is 2.24. The van der Waals surface area contributed by atoms with Crippen LogP contribution in [0, 0.1) is 5.92 Å². The predicted octanol–water partition coefficient (Wildman–Crippen LogP) is 0.833. The molecule has 1 heterocycles. The molecule has 0 aromatic carbocycles. The number of aliphatic carboxylic acids is 1. The molecule has 2 atom stereocenters. The first-order valence-electron chi connectivity index (χ1n) is 6.88. The number of nitrogens with one attached hydrogen (secondary N) is 1. The Morgan fingerprint density at radius 1 is 1.42 bits per heavy atom. The number of carboxylic acids is 1. The normalized spacial score (nSPS) is 22.1. The van der Waals surface area contributed by atoms with E-state index in [9.17, 15) is 9.59 Å². The largest absolute Gasteiger partial charge is 0.481 e. The summed E-state index contributed by atoms with van der Waals surface area (Å²) in [6.45, 7) is 6.79. The molecule has 2 amide bonds. The van der Waals surface area contributed by atoms with Gasteiger partial charge in [0.2, 0.25) is 0 Å². The van der Waals surface area contributed by atoms with Crippen LogP contribution in [0.25, 0.3) is 0 Å². The average Bonchev–Trinajstić information content (AvgIpc) is 2.36. The molecule has 2 N–H and O–H groups in total. The molecule has 110 valence electrons. The highest BCUT2D eigenvalue weighted by Crippen LogP contribution is 2.09. The molecule has 0 radical (unpaired) electrons. The van der Waals surface area contributed by atoms with Gasteiger partial charge in [0.05, 0.1) is 0 Å². The highest BCUT2D eigenvalue weighted by atomic mass is 16.4. The van der Waals surface area contributed by atoms with Crippen LogP contribution in [0.2, 0.25) is 0 Å². The quantitative estimate of drug-likeness (QED) is 0.777. The molecular weight excluding hydrogens is 246 g/mol. The third kappa shape index (κ3) is 5.06. The van der Waals surface area contributed by atoms with Gasteiger partial charge in [0.1, 0.15) is 0 Å². The van der Waals surface area contributed by atoms with E-state index in [1.165, 1.54) is 0 Å². The number of carbonyl (C=O) groups excluding carboxylic acids is 1. The lowest BCUT2D eigenvalue weighted by Crippen LogP contribution is -2.54. The van der Waals surface area contributed by atoms with Crippen LogP contribution in [-0.2, 0) is 4.79 Å². The SMILES string of the molecule is CCC(CNC(=O)N1CCN(C)C(C)C1)CC(=O)O. The molecule has 6 nitrogen and oxygen atoms in total. The van der Waals surface area contributed by atoms with E-state index in [-0.39, 0.29) is 18.4 Å². The number of carbonyl (C=O) groups is 2. The lowest BCUT2D eigenvalue weighted by Gasteiger charge is -2.37. The van der Waals surface area contributed by atoms with E-state index in [1.54, 1.807) is 4.90 Å². The van der Waals surface area contributed by atoms with E-state index >= 15 is 0 Å². The molecule has 1 aliphatic heterocycles. The van der Waals surface area contributed by atoms with Gasteiger partial charge in [-0.1, -0.05) is 13.3 Å². The Bertz CT molecular complexity index is 322. The van der Waals surface area contributed by atoms with Crippen LogP contribution in [0.15, 0.2) is 0 Å². The maximum atomic E-state index is 12.0. The van der Waals surface area contributed by atoms with E-state index in [0.29, 0.717) is 12.6 Å². The van der Waals surface area contributed by atoms with Crippen molar-refractivity contribution in [2.45, 2.75) is 32.7 Å². The number of hydrogen-bond donors (Lipinski definition) is 2. The summed E-state index contributed by atoms with van der Waals surface area (Å²) in [6, 6.07) is 0.282. The molecule has 1 rings (SSSR count). The Morgan fingerprint density at radius 2 is 2.11 bits per heavy atom. The van der Waals surface area contributed by atoms with Crippen molar-refractivity contribution >= 4 is 12.0 Å². The number of urea groups is 1. The zero-order valence-corrected chi connectivity index (χ0v) is 12.1. The van der Waals surface area contributed by atoms with Gasteiger partial charge in [-0.2, -0.15) is 0 Å². The van der Waals surface area contributed by atoms with Crippen LogP contribution in [0.3, 0.4) is 0 Å². The summed E-state index contributed by atoms with van der Waals surface area (Å²) < 4.78 is 0. The number of piperazine rings is 1. The van der Waals surface area contributed by atoms with Gasteiger partial charge in [-0.25, -0.2) is 4.79 Å².